The number of hydrogen-bond donors (Lipinski definition) is 1. The predicted octanol–water partition coefficient (Wildman–Crippen LogP) is 1.53. The van der Waals surface area contributed by atoms with Crippen LogP contribution in [0, 0.1) is 18.3 Å². The van der Waals surface area contributed by atoms with Crippen molar-refractivity contribution in [1.82, 2.24) is 15.1 Å². The third kappa shape index (κ3) is 2.99. The largest absolute Gasteiger partial charge is 0.348 e. The van der Waals surface area contributed by atoms with E-state index in [1.807, 2.05) is 26.2 Å². The first-order valence-corrected chi connectivity index (χ1v) is 5.87. The molecule has 0 atom stereocenters. The second-order valence-corrected chi connectivity index (χ2v) is 4.29. The van der Waals surface area contributed by atoms with E-state index in [1.165, 1.54) is 0 Å². The number of hydrogen-bond acceptors (Lipinski definition) is 3. The number of carbonyl (C=O) groups is 1. The minimum absolute atomic E-state index is 0.159. The summed E-state index contributed by atoms with van der Waals surface area (Å²) in [7, 11) is 1.85. The standard InChI is InChI=1S/C14H14N4O/c1-10-13(9-18(2)17-10)8-16-14(19)12-5-3-11(7-15)4-6-12/h3-6,9H,8H2,1-2H3,(H,16,19). The minimum Gasteiger partial charge on any atom is -0.348 e. The fourth-order valence-electron chi connectivity index (χ4n) is 1.80. The van der Waals surface area contributed by atoms with Crippen molar-refractivity contribution in [2.45, 2.75) is 13.5 Å². The molecule has 0 saturated carbocycles. The van der Waals surface area contributed by atoms with E-state index in [-0.39, 0.29) is 5.91 Å². The highest BCUT2D eigenvalue weighted by molar-refractivity contribution is 5.94. The molecule has 0 aliphatic rings. The van der Waals surface area contributed by atoms with E-state index in [0.29, 0.717) is 17.7 Å². The van der Waals surface area contributed by atoms with Gasteiger partial charge >= 0.3 is 0 Å². The van der Waals surface area contributed by atoms with Gasteiger partial charge in [0.05, 0.1) is 17.3 Å². The fraction of sp³-hybridized carbons (Fsp3) is 0.214. The van der Waals surface area contributed by atoms with Crippen LogP contribution >= 0.6 is 0 Å². The van der Waals surface area contributed by atoms with Crippen molar-refractivity contribution in [2.75, 3.05) is 0 Å². The normalized spacial score (nSPS) is 9.95. The van der Waals surface area contributed by atoms with Crippen LogP contribution in [0.15, 0.2) is 30.5 Å². The first-order valence-electron chi connectivity index (χ1n) is 5.87. The lowest BCUT2D eigenvalue weighted by atomic mass is 10.1. The molecule has 0 saturated heterocycles. The zero-order valence-corrected chi connectivity index (χ0v) is 10.8. The van der Waals surface area contributed by atoms with Gasteiger partial charge in [0.25, 0.3) is 5.91 Å². The number of carbonyl (C=O) groups excluding carboxylic acids is 1. The SMILES string of the molecule is Cc1nn(C)cc1CNC(=O)c1ccc(C#N)cc1. The Morgan fingerprint density at radius 1 is 1.42 bits per heavy atom. The summed E-state index contributed by atoms with van der Waals surface area (Å²) in [5.74, 6) is -0.159. The number of amides is 1. The Morgan fingerprint density at radius 2 is 2.11 bits per heavy atom. The highest BCUT2D eigenvalue weighted by Crippen LogP contribution is 2.06. The lowest BCUT2D eigenvalue weighted by Gasteiger charge is -2.04. The number of nitrogens with one attached hydrogen (secondary N) is 1. The third-order valence-corrected chi connectivity index (χ3v) is 2.83. The van der Waals surface area contributed by atoms with Gasteiger partial charge in [-0.05, 0) is 31.2 Å². The van der Waals surface area contributed by atoms with Gasteiger partial charge in [-0.3, -0.25) is 9.48 Å². The number of nitrogens with zero attached hydrogens (tertiary/aromatic N) is 3. The van der Waals surface area contributed by atoms with Gasteiger partial charge < -0.3 is 5.32 Å². The molecule has 19 heavy (non-hydrogen) atoms. The van der Waals surface area contributed by atoms with Crippen LogP contribution in [0.2, 0.25) is 0 Å². The molecule has 0 aliphatic heterocycles. The van der Waals surface area contributed by atoms with Crippen molar-refractivity contribution in [1.29, 1.82) is 5.26 Å². The molecule has 1 heterocycles. The van der Waals surface area contributed by atoms with Crippen molar-refractivity contribution in [2.24, 2.45) is 7.05 Å². The molecule has 0 unspecified atom stereocenters. The van der Waals surface area contributed by atoms with E-state index in [9.17, 15) is 4.79 Å². The summed E-state index contributed by atoms with van der Waals surface area (Å²) in [5.41, 5.74) is 2.98. The Kier molecular flexibility index (Phi) is 3.62. The topological polar surface area (TPSA) is 70.7 Å². The number of benzene rings is 1. The molecule has 1 N–H and O–H groups in total. The second-order valence-electron chi connectivity index (χ2n) is 4.29. The Hall–Kier alpha value is -2.61. The molecule has 96 valence electrons. The maximum atomic E-state index is 11.9. The lowest BCUT2D eigenvalue weighted by Crippen LogP contribution is -2.22. The Bertz CT molecular complexity index is 634. The molecule has 5 nitrogen and oxygen atoms in total. The number of rotatable bonds is 3. The van der Waals surface area contributed by atoms with Gasteiger partial charge in [-0.25, -0.2) is 0 Å². The van der Waals surface area contributed by atoms with Crippen LogP contribution in [0.25, 0.3) is 0 Å². The van der Waals surface area contributed by atoms with Crippen LogP contribution < -0.4 is 5.32 Å². The molecule has 2 rings (SSSR count). The molecule has 0 bridgehead atoms. The Balaban J connectivity index is 2.01. The van der Waals surface area contributed by atoms with E-state index >= 15 is 0 Å². The summed E-state index contributed by atoms with van der Waals surface area (Å²) in [6, 6.07) is 8.56. The third-order valence-electron chi connectivity index (χ3n) is 2.83. The van der Waals surface area contributed by atoms with Gasteiger partial charge in [0.1, 0.15) is 0 Å². The molecular weight excluding hydrogens is 240 g/mol. The molecule has 1 aromatic heterocycles. The van der Waals surface area contributed by atoms with Crippen LogP contribution in [-0.2, 0) is 13.6 Å². The smallest absolute Gasteiger partial charge is 0.251 e. The fourth-order valence-corrected chi connectivity index (χ4v) is 1.80. The first kappa shape index (κ1) is 12.8. The molecule has 0 fully saturated rings. The van der Waals surface area contributed by atoms with E-state index in [4.69, 9.17) is 5.26 Å². The zero-order valence-electron chi connectivity index (χ0n) is 10.8. The highest BCUT2D eigenvalue weighted by atomic mass is 16.1. The summed E-state index contributed by atoms with van der Waals surface area (Å²) in [5, 5.41) is 15.7. The van der Waals surface area contributed by atoms with Crippen molar-refractivity contribution in [3.8, 4) is 6.07 Å². The van der Waals surface area contributed by atoms with Gasteiger partial charge in [0, 0.05) is 30.9 Å². The molecule has 0 radical (unpaired) electrons. The maximum Gasteiger partial charge on any atom is 0.251 e. The van der Waals surface area contributed by atoms with E-state index < -0.39 is 0 Å². The molecule has 2 aromatic rings. The van der Waals surface area contributed by atoms with E-state index in [1.54, 1.807) is 28.9 Å². The summed E-state index contributed by atoms with van der Waals surface area (Å²) < 4.78 is 1.72. The van der Waals surface area contributed by atoms with Crippen molar-refractivity contribution in [3.05, 3.63) is 52.8 Å². The van der Waals surface area contributed by atoms with E-state index in [2.05, 4.69) is 10.4 Å². The van der Waals surface area contributed by atoms with E-state index in [0.717, 1.165) is 11.3 Å². The highest BCUT2D eigenvalue weighted by Gasteiger charge is 2.07. The summed E-state index contributed by atoms with van der Waals surface area (Å²) >= 11 is 0. The Labute approximate surface area is 111 Å². The zero-order chi connectivity index (χ0) is 13.8. The second kappa shape index (κ2) is 5.36. The van der Waals surface area contributed by atoms with Gasteiger partial charge in [-0.15, -0.1) is 0 Å². The van der Waals surface area contributed by atoms with Gasteiger partial charge in [0.2, 0.25) is 0 Å². The number of aromatic nitrogens is 2. The lowest BCUT2D eigenvalue weighted by molar-refractivity contribution is 0.0951. The first-order chi connectivity index (χ1) is 9.10. The predicted molar refractivity (Wildman–Crippen MR) is 70.3 cm³/mol. The van der Waals surface area contributed by atoms with Crippen molar-refractivity contribution < 1.29 is 4.79 Å². The number of nitriles is 1. The van der Waals surface area contributed by atoms with Crippen molar-refractivity contribution in [3.63, 3.8) is 0 Å². The van der Waals surface area contributed by atoms with Gasteiger partial charge in [-0.2, -0.15) is 10.4 Å². The average molecular weight is 254 g/mol. The molecule has 0 aliphatic carbocycles. The molecule has 5 heteroatoms. The quantitative estimate of drug-likeness (QED) is 0.903. The minimum atomic E-state index is -0.159. The molecule has 1 amide bonds. The molecule has 0 spiro atoms. The van der Waals surface area contributed by atoms with Gasteiger partial charge in [0.15, 0.2) is 0 Å². The van der Waals surface area contributed by atoms with Gasteiger partial charge in [-0.1, -0.05) is 0 Å². The van der Waals surface area contributed by atoms with Crippen LogP contribution in [-0.4, -0.2) is 15.7 Å². The molecule has 1 aromatic carbocycles. The van der Waals surface area contributed by atoms with Crippen LogP contribution in [0.5, 0.6) is 0 Å². The monoisotopic (exact) mass is 254 g/mol. The van der Waals surface area contributed by atoms with Crippen LogP contribution in [0.1, 0.15) is 27.2 Å². The average Bonchev–Trinajstić information content (AvgIpc) is 2.74. The van der Waals surface area contributed by atoms with Crippen LogP contribution in [0.4, 0.5) is 0 Å². The number of aryl methyl sites for hydroxylation is 2. The molecular formula is C14H14N4O. The summed E-state index contributed by atoms with van der Waals surface area (Å²) in [6.45, 7) is 2.35. The maximum absolute atomic E-state index is 11.9. The van der Waals surface area contributed by atoms with Crippen LogP contribution in [0.3, 0.4) is 0 Å². The van der Waals surface area contributed by atoms with Crippen molar-refractivity contribution >= 4 is 5.91 Å². The Morgan fingerprint density at radius 3 is 2.63 bits per heavy atom. The summed E-state index contributed by atoms with van der Waals surface area (Å²) in [6.07, 6.45) is 1.88. The summed E-state index contributed by atoms with van der Waals surface area (Å²) in [4.78, 5) is 11.9.